The molecular weight excluding hydrogens is 258 g/mol. The summed E-state index contributed by atoms with van der Waals surface area (Å²) < 4.78 is 11.3. The first-order valence-electron chi connectivity index (χ1n) is 6.34. The van der Waals surface area contributed by atoms with Crippen molar-refractivity contribution in [2.75, 3.05) is 12.4 Å². The highest BCUT2D eigenvalue weighted by molar-refractivity contribution is 7.99. The lowest BCUT2D eigenvalue weighted by atomic mass is 10.1. The standard InChI is InChI=1S/C15H19NO2S/c1-10-6-5-7-11(2)14(10)17-8-9-19-15-16-12(3)13(4)18-15/h5-7H,8-9H2,1-4H3. The summed E-state index contributed by atoms with van der Waals surface area (Å²) in [6.45, 7) is 8.67. The van der Waals surface area contributed by atoms with Gasteiger partial charge in [0.15, 0.2) is 0 Å². The van der Waals surface area contributed by atoms with Crippen LogP contribution < -0.4 is 4.74 Å². The van der Waals surface area contributed by atoms with Gasteiger partial charge in [0.2, 0.25) is 0 Å². The number of nitrogens with zero attached hydrogens (tertiary/aromatic N) is 1. The molecule has 0 bridgehead atoms. The summed E-state index contributed by atoms with van der Waals surface area (Å²) in [4.78, 5) is 4.33. The van der Waals surface area contributed by atoms with Crippen molar-refractivity contribution in [3.05, 3.63) is 40.8 Å². The molecule has 0 saturated carbocycles. The molecule has 2 rings (SSSR count). The Hall–Kier alpha value is -1.42. The zero-order valence-corrected chi connectivity index (χ0v) is 12.6. The smallest absolute Gasteiger partial charge is 0.256 e. The Labute approximate surface area is 118 Å². The molecule has 4 heteroatoms. The van der Waals surface area contributed by atoms with E-state index >= 15 is 0 Å². The lowest BCUT2D eigenvalue weighted by Gasteiger charge is -2.10. The summed E-state index contributed by atoms with van der Waals surface area (Å²) in [5, 5.41) is 0.722. The van der Waals surface area contributed by atoms with Crippen LogP contribution in [0.2, 0.25) is 0 Å². The van der Waals surface area contributed by atoms with Gasteiger partial charge in [-0.1, -0.05) is 30.0 Å². The molecule has 0 saturated heterocycles. The van der Waals surface area contributed by atoms with Crippen LogP contribution in [0.4, 0.5) is 0 Å². The molecule has 0 aliphatic carbocycles. The van der Waals surface area contributed by atoms with E-state index in [1.165, 1.54) is 11.1 Å². The Morgan fingerprint density at radius 1 is 1.16 bits per heavy atom. The molecule has 19 heavy (non-hydrogen) atoms. The highest BCUT2D eigenvalue weighted by Gasteiger charge is 2.07. The number of aryl methyl sites for hydroxylation is 4. The van der Waals surface area contributed by atoms with Crippen LogP contribution in [0, 0.1) is 27.7 Å². The topological polar surface area (TPSA) is 35.3 Å². The molecule has 0 aliphatic rings. The van der Waals surface area contributed by atoms with Crippen LogP contribution in [0.25, 0.3) is 0 Å². The minimum Gasteiger partial charge on any atom is -0.492 e. The minimum atomic E-state index is 0.650. The molecule has 0 radical (unpaired) electrons. The van der Waals surface area contributed by atoms with Crippen molar-refractivity contribution in [1.82, 2.24) is 4.98 Å². The van der Waals surface area contributed by atoms with E-state index < -0.39 is 0 Å². The number of rotatable bonds is 5. The maximum atomic E-state index is 5.84. The highest BCUT2D eigenvalue weighted by Crippen LogP contribution is 2.24. The maximum Gasteiger partial charge on any atom is 0.256 e. The fourth-order valence-corrected chi connectivity index (χ4v) is 2.53. The zero-order valence-electron chi connectivity index (χ0n) is 11.8. The first-order chi connectivity index (χ1) is 9.08. The normalized spacial score (nSPS) is 10.7. The molecule has 2 aromatic rings. The van der Waals surface area contributed by atoms with Crippen LogP contribution in [0.15, 0.2) is 27.8 Å². The summed E-state index contributed by atoms with van der Waals surface area (Å²) in [5.74, 6) is 2.70. The maximum absolute atomic E-state index is 5.84. The number of thioether (sulfide) groups is 1. The van der Waals surface area contributed by atoms with E-state index in [0.717, 1.165) is 28.2 Å². The fourth-order valence-electron chi connectivity index (χ4n) is 1.80. The molecule has 102 valence electrons. The third-order valence-corrected chi connectivity index (χ3v) is 3.77. The summed E-state index contributed by atoms with van der Waals surface area (Å²) in [5.41, 5.74) is 3.30. The van der Waals surface area contributed by atoms with E-state index in [4.69, 9.17) is 9.15 Å². The quantitative estimate of drug-likeness (QED) is 0.609. The van der Waals surface area contributed by atoms with E-state index in [-0.39, 0.29) is 0 Å². The van der Waals surface area contributed by atoms with Gasteiger partial charge in [0.1, 0.15) is 11.5 Å². The number of para-hydroxylation sites is 1. The van der Waals surface area contributed by atoms with E-state index in [9.17, 15) is 0 Å². The summed E-state index contributed by atoms with van der Waals surface area (Å²) >= 11 is 1.58. The van der Waals surface area contributed by atoms with Crippen molar-refractivity contribution in [2.24, 2.45) is 0 Å². The van der Waals surface area contributed by atoms with Gasteiger partial charge in [0.25, 0.3) is 5.22 Å². The zero-order chi connectivity index (χ0) is 13.8. The third-order valence-electron chi connectivity index (χ3n) is 2.97. The van der Waals surface area contributed by atoms with Gasteiger partial charge >= 0.3 is 0 Å². The number of oxazole rings is 1. The first kappa shape index (κ1) is 14.0. The highest BCUT2D eigenvalue weighted by atomic mass is 32.2. The lowest BCUT2D eigenvalue weighted by Crippen LogP contribution is -2.02. The Morgan fingerprint density at radius 2 is 1.84 bits per heavy atom. The van der Waals surface area contributed by atoms with Crippen molar-refractivity contribution in [3.63, 3.8) is 0 Å². The van der Waals surface area contributed by atoms with Crippen molar-refractivity contribution >= 4 is 11.8 Å². The van der Waals surface area contributed by atoms with Crippen molar-refractivity contribution < 1.29 is 9.15 Å². The van der Waals surface area contributed by atoms with Crippen LogP contribution in [-0.2, 0) is 0 Å². The molecule has 0 unspecified atom stereocenters. The summed E-state index contributed by atoms with van der Waals surface area (Å²) in [7, 11) is 0. The van der Waals surface area contributed by atoms with Crippen molar-refractivity contribution in [3.8, 4) is 5.75 Å². The SMILES string of the molecule is Cc1cccc(C)c1OCCSc1nc(C)c(C)o1. The van der Waals surface area contributed by atoms with E-state index in [2.05, 4.69) is 31.0 Å². The van der Waals surface area contributed by atoms with Crippen molar-refractivity contribution in [1.29, 1.82) is 0 Å². The number of hydrogen-bond acceptors (Lipinski definition) is 4. The Balaban J connectivity index is 1.84. The summed E-state index contributed by atoms with van der Waals surface area (Å²) in [6.07, 6.45) is 0. The molecule has 3 nitrogen and oxygen atoms in total. The largest absolute Gasteiger partial charge is 0.492 e. The molecule has 1 aromatic carbocycles. The van der Waals surface area contributed by atoms with Gasteiger partial charge in [-0.2, -0.15) is 0 Å². The Morgan fingerprint density at radius 3 is 2.42 bits per heavy atom. The molecule has 0 aliphatic heterocycles. The molecule has 1 aromatic heterocycles. The lowest BCUT2D eigenvalue weighted by molar-refractivity contribution is 0.338. The van der Waals surface area contributed by atoms with Crippen LogP contribution >= 0.6 is 11.8 Å². The minimum absolute atomic E-state index is 0.650. The number of ether oxygens (including phenoxy) is 1. The predicted octanol–water partition coefficient (Wildman–Crippen LogP) is 4.08. The molecule has 0 spiro atoms. The second kappa shape index (κ2) is 6.15. The molecule has 0 fully saturated rings. The Kier molecular flexibility index (Phi) is 4.53. The number of aromatic nitrogens is 1. The van der Waals surface area contributed by atoms with E-state index in [0.29, 0.717) is 6.61 Å². The second-order valence-electron chi connectivity index (χ2n) is 4.54. The second-order valence-corrected chi connectivity index (χ2v) is 5.59. The summed E-state index contributed by atoms with van der Waals surface area (Å²) in [6, 6.07) is 6.18. The average molecular weight is 277 g/mol. The van der Waals surface area contributed by atoms with Crippen LogP contribution in [0.5, 0.6) is 5.75 Å². The number of hydrogen-bond donors (Lipinski definition) is 0. The van der Waals surface area contributed by atoms with Gasteiger partial charge in [-0.3, -0.25) is 0 Å². The van der Waals surface area contributed by atoms with Gasteiger partial charge in [-0.15, -0.1) is 0 Å². The molecular formula is C15H19NO2S. The van der Waals surface area contributed by atoms with Crippen LogP contribution in [0.1, 0.15) is 22.6 Å². The molecule has 1 heterocycles. The van der Waals surface area contributed by atoms with Gasteiger partial charge in [0, 0.05) is 5.75 Å². The van der Waals surface area contributed by atoms with Gasteiger partial charge in [-0.05, 0) is 38.8 Å². The predicted molar refractivity (Wildman–Crippen MR) is 78.1 cm³/mol. The van der Waals surface area contributed by atoms with Gasteiger partial charge in [-0.25, -0.2) is 4.98 Å². The molecule has 0 amide bonds. The van der Waals surface area contributed by atoms with E-state index in [1.807, 2.05) is 19.9 Å². The van der Waals surface area contributed by atoms with Crippen LogP contribution in [0.3, 0.4) is 0 Å². The first-order valence-corrected chi connectivity index (χ1v) is 7.32. The monoisotopic (exact) mass is 277 g/mol. The molecule has 0 N–H and O–H groups in total. The number of benzene rings is 1. The average Bonchev–Trinajstić information content (AvgIpc) is 2.67. The van der Waals surface area contributed by atoms with Gasteiger partial charge < -0.3 is 9.15 Å². The Bertz CT molecular complexity index is 524. The molecule has 0 atom stereocenters. The fraction of sp³-hybridized carbons (Fsp3) is 0.400. The third kappa shape index (κ3) is 3.53. The van der Waals surface area contributed by atoms with Crippen LogP contribution in [-0.4, -0.2) is 17.3 Å². The van der Waals surface area contributed by atoms with E-state index in [1.54, 1.807) is 11.8 Å². The van der Waals surface area contributed by atoms with Gasteiger partial charge in [0.05, 0.1) is 12.3 Å². The van der Waals surface area contributed by atoms with Crippen molar-refractivity contribution in [2.45, 2.75) is 32.9 Å².